The molecule has 1 heterocycles. The molecule has 2 N–H and O–H groups in total. The largest absolute Gasteiger partial charge is 0.469 e. The van der Waals surface area contributed by atoms with Gasteiger partial charge in [-0.3, -0.25) is 14.4 Å². The highest BCUT2D eigenvalue weighted by Gasteiger charge is 2.77. The molecule has 188 valence electrons. The number of furan rings is 1. The van der Waals surface area contributed by atoms with Crippen molar-refractivity contribution in [1.29, 1.82) is 0 Å². The van der Waals surface area contributed by atoms with Gasteiger partial charge in [-0.15, -0.1) is 0 Å². The molecule has 2 fully saturated rings. The molecule has 8 atom stereocenters. The van der Waals surface area contributed by atoms with Crippen LogP contribution in [0.5, 0.6) is 0 Å². The van der Waals surface area contributed by atoms with E-state index in [4.69, 9.17) is 18.6 Å². The Morgan fingerprint density at radius 1 is 1.12 bits per heavy atom. The Kier molecular flexibility index (Phi) is 5.88. The molecule has 9 heteroatoms. The first-order valence-corrected chi connectivity index (χ1v) is 11.7. The fraction of sp³-hybridized carbons (Fsp3) is 0.720. The summed E-state index contributed by atoms with van der Waals surface area (Å²) in [4.78, 5) is 37.4. The van der Waals surface area contributed by atoms with Crippen molar-refractivity contribution in [2.24, 2.45) is 22.7 Å². The average molecular weight is 479 g/mol. The molecule has 0 amide bonds. The maximum absolute atomic E-state index is 13.1. The van der Waals surface area contributed by atoms with E-state index in [0.717, 1.165) is 0 Å². The Bertz CT molecular complexity index is 996. The molecule has 0 aliphatic heterocycles. The number of carbonyl (C=O) groups excluding carboxylic acids is 3. The fourth-order valence-corrected chi connectivity index (χ4v) is 7.36. The van der Waals surface area contributed by atoms with Gasteiger partial charge in [-0.1, -0.05) is 20.8 Å². The Morgan fingerprint density at radius 3 is 2.35 bits per heavy atom. The zero-order valence-electron chi connectivity index (χ0n) is 20.5. The summed E-state index contributed by atoms with van der Waals surface area (Å²) in [6.07, 6.45) is -0.764. The van der Waals surface area contributed by atoms with Crippen LogP contribution in [0, 0.1) is 22.7 Å². The zero-order chi connectivity index (χ0) is 25.2. The monoisotopic (exact) mass is 478 g/mol. The SMILES string of the molecule is COC(=O)[C@@H]1c2ccoc2C[C@H]2[C@H]1[C@@H](O)[C@H](OC(C)=O)[C@@]1(O)C(C)(C)CC[C@H](OC(C)=O)[C@]21C. The molecule has 1 aromatic heterocycles. The maximum Gasteiger partial charge on any atom is 0.313 e. The molecule has 34 heavy (non-hydrogen) atoms. The lowest BCUT2D eigenvalue weighted by Crippen LogP contribution is -2.80. The van der Waals surface area contributed by atoms with Crippen molar-refractivity contribution in [3.8, 4) is 0 Å². The zero-order valence-corrected chi connectivity index (χ0v) is 20.5. The lowest BCUT2D eigenvalue weighted by molar-refractivity contribution is -0.338. The molecule has 0 spiro atoms. The molecule has 0 bridgehead atoms. The summed E-state index contributed by atoms with van der Waals surface area (Å²) in [5.74, 6) is -3.41. The first-order valence-electron chi connectivity index (χ1n) is 11.7. The third kappa shape index (κ3) is 3.16. The minimum atomic E-state index is -1.78. The van der Waals surface area contributed by atoms with Crippen LogP contribution in [-0.2, 0) is 35.0 Å². The van der Waals surface area contributed by atoms with Gasteiger partial charge < -0.3 is 28.8 Å². The van der Waals surface area contributed by atoms with Gasteiger partial charge in [0.1, 0.15) is 17.5 Å². The second-order valence-corrected chi connectivity index (χ2v) is 10.8. The van der Waals surface area contributed by atoms with Crippen LogP contribution in [0.1, 0.15) is 64.7 Å². The normalized spacial score (nSPS) is 40.2. The van der Waals surface area contributed by atoms with Crippen LogP contribution in [0.2, 0.25) is 0 Å². The first-order chi connectivity index (χ1) is 15.8. The quantitative estimate of drug-likeness (QED) is 0.495. The fourth-order valence-electron chi connectivity index (χ4n) is 7.36. The van der Waals surface area contributed by atoms with E-state index < -0.39 is 70.4 Å². The number of esters is 3. The van der Waals surface area contributed by atoms with Gasteiger partial charge in [0, 0.05) is 37.2 Å². The summed E-state index contributed by atoms with van der Waals surface area (Å²) >= 11 is 0. The number of ether oxygens (including phenoxy) is 3. The van der Waals surface area contributed by atoms with Gasteiger partial charge in [0.25, 0.3) is 0 Å². The van der Waals surface area contributed by atoms with Crippen molar-refractivity contribution >= 4 is 17.9 Å². The highest BCUT2D eigenvalue weighted by atomic mass is 16.6. The van der Waals surface area contributed by atoms with E-state index in [1.54, 1.807) is 6.07 Å². The van der Waals surface area contributed by atoms with Gasteiger partial charge in [0.2, 0.25) is 0 Å². The van der Waals surface area contributed by atoms with Gasteiger partial charge in [-0.2, -0.15) is 0 Å². The molecule has 0 saturated heterocycles. The second kappa shape index (κ2) is 8.09. The van der Waals surface area contributed by atoms with E-state index >= 15 is 0 Å². The van der Waals surface area contributed by atoms with Crippen LogP contribution >= 0.6 is 0 Å². The number of hydrogen-bond acceptors (Lipinski definition) is 9. The summed E-state index contributed by atoms with van der Waals surface area (Å²) in [5.41, 5.74) is -3.20. The number of aliphatic hydroxyl groups is 2. The van der Waals surface area contributed by atoms with Crippen LogP contribution in [-0.4, -0.2) is 59.1 Å². The van der Waals surface area contributed by atoms with Crippen LogP contribution in [0.4, 0.5) is 0 Å². The lowest BCUT2D eigenvalue weighted by Gasteiger charge is -2.69. The summed E-state index contributed by atoms with van der Waals surface area (Å²) in [5, 5.41) is 24.3. The number of rotatable bonds is 3. The minimum Gasteiger partial charge on any atom is -0.469 e. The standard InChI is InChI=1S/C25H34O9/c1-12(26)33-17-7-9-23(3,4)25(30)21(34-13(2)27)20(28)19-15(24(17,25)5)11-16-14(8-10-32-16)18(19)22(29)31-6/h8,10,15,17-21,28,30H,7,9,11H2,1-6H3/t15-,17-,18+,19+,20+,21-,24-,25+/m0/s1. The summed E-state index contributed by atoms with van der Waals surface area (Å²) in [6.45, 7) is 8.05. The van der Waals surface area contributed by atoms with Crippen molar-refractivity contribution in [1.82, 2.24) is 0 Å². The summed E-state index contributed by atoms with van der Waals surface area (Å²) in [6, 6.07) is 1.68. The van der Waals surface area contributed by atoms with E-state index in [-0.39, 0.29) is 0 Å². The molecule has 1 aromatic rings. The molecular formula is C25H34O9. The van der Waals surface area contributed by atoms with Crippen LogP contribution < -0.4 is 0 Å². The van der Waals surface area contributed by atoms with Crippen molar-refractivity contribution in [3.63, 3.8) is 0 Å². The Morgan fingerprint density at radius 2 is 1.76 bits per heavy atom. The summed E-state index contributed by atoms with van der Waals surface area (Å²) < 4.78 is 22.3. The lowest BCUT2D eigenvalue weighted by atomic mass is 9.39. The van der Waals surface area contributed by atoms with E-state index in [1.165, 1.54) is 27.2 Å². The maximum atomic E-state index is 13.1. The van der Waals surface area contributed by atoms with Gasteiger partial charge in [0.15, 0.2) is 6.10 Å². The third-order valence-corrected chi connectivity index (χ3v) is 8.87. The number of aliphatic hydroxyl groups excluding tert-OH is 1. The van der Waals surface area contributed by atoms with Gasteiger partial charge in [-0.25, -0.2) is 0 Å². The highest BCUT2D eigenvalue weighted by Crippen LogP contribution is 2.68. The van der Waals surface area contributed by atoms with E-state index in [9.17, 15) is 24.6 Å². The molecule has 3 aliphatic rings. The van der Waals surface area contributed by atoms with Crippen molar-refractivity contribution in [2.75, 3.05) is 7.11 Å². The molecule has 0 unspecified atom stereocenters. The number of hydrogen-bond donors (Lipinski definition) is 2. The Hall–Kier alpha value is -2.39. The highest BCUT2D eigenvalue weighted by molar-refractivity contribution is 5.79. The number of methoxy groups -OCH3 is 1. The predicted octanol–water partition coefficient (Wildman–Crippen LogP) is 2.12. The van der Waals surface area contributed by atoms with E-state index in [0.29, 0.717) is 30.6 Å². The van der Waals surface area contributed by atoms with Crippen molar-refractivity contribution in [2.45, 2.75) is 83.7 Å². The van der Waals surface area contributed by atoms with E-state index in [1.807, 2.05) is 20.8 Å². The van der Waals surface area contributed by atoms with E-state index in [2.05, 4.69) is 0 Å². The molecule has 0 radical (unpaired) electrons. The van der Waals surface area contributed by atoms with Gasteiger partial charge in [0.05, 0.1) is 25.4 Å². The molecule has 2 saturated carbocycles. The molecule has 4 rings (SSSR count). The molecule has 3 aliphatic carbocycles. The Labute approximate surface area is 198 Å². The average Bonchev–Trinajstić information content (AvgIpc) is 3.23. The molecule has 9 nitrogen and oxygen atoms in total. The number of fused-ring (bicyclic) bond motifs is 4. The van der Waals surface area contributed by atoms with Gasteiger partial charge in [-0.05, 0) is 30.2 Å². The molecular weight excluding hydrogens is 444 g/mol. The van der Waals surface area contributed by atoms with Crippen LogP contribution in [0.25, 0.3) is 0 Å². The van der Waals surface area contributed by atoms with Crippen molar-refractivity contribution < 1.29 is 43.2 Å². The van der Waals surface area contributed by atoms with Crippen LogP contribution in [0.3, 0.4) is 0 Å². The van der Waals surface area contributed by atoms with Crippen LogP contribution in [0.15, 0.2) is 16.7 Å². The van der Waals surface area contributed by atoms with Crippen molar-refractivity contribution in [3.05, 3.63) is 23.7 Å². The molecule has 0 aromatic carbocycles. The van der Waals surface area contributed by atoms with Gasteiger partial charge >= 0.3 is 17.9 Å². The topological polar surface area (TPSA) is 132 Å². The Balaban J connectivity index is 2.00. The minimum absolute atomic E-state index is 0.303. The first kappa shape index (κ1) is 24.7. The smallest absolute Gasteiger partial charge is 0.313 e. The number of carbonyl (C=O) groups is 3. The predicted molar refractivity (Wildman–Crippen MR) is 117 cm³/mol. The second-order valence-electron chi connectivity index (χ2n) is 10.8. The third-order valence-electron chi connectivity index (χ3n) is 8.87. The summed E-state index contributed by atoms with van der Waals surface area (Å²) in [7, 11) is 1.27.